The van der Waals surface area contributed by atoms with Crippen LogP contribution in [-0.2, 0) is 24.4 Å². The van der Waals surface area contributed by atoms with E-state index in [2.05, 4.69) is 21.5 Å². The summed E-state index contributed by atoms with van der Waals surface area (Å²) in [5, 5.41) is 7.16. The lowest BCUT2D eigenvalue weighted by Crippen LogP contribution is -2.38. The molecule has 0 aliphatic carbocycles. The molecule has 0 radical (unpaired) electrons. The Hall–Kier alpha value is -4.01. The molecule has 2 aromatic heterocycles. The number of hydrogen-bond donors (Lipinski definition) is 1. The smallest absolute Gasteiger partial charge is 0.274 e. The average molecular weight is 461 g/mol. The van der Waals surface area contributed by atoms with Gasteiger partial charge < -0.3 is 15.1 Å². The van der Waals surface area contributed by atoms with Crippen molar-refractivity contribution in [2.75, 3.05) is 20.1 Å². The van der Waals surface area contributed by atoms with E-state index in [1.165, 1.54) is 11.0 Å². The summed E-state index contributed by atoms with van der Waals surface area (Å²) >= 11 is 0. The zero-order valence-electron chi connectivity index (χ0n) is 19.4. The number of aryl methyl sites for hydroxylation is 2. The third kappa shape index (κ3) is 5.48. The largest absolute Gasteiger partial charge is 0.350 e. The summed E-state index contributed by atoms with van der Waals surface area (Å²) in [5.41, 5.74) is 3.68. The van der Waals surface area contributed by atoms with Crippen molar-refractivity contribution in [3.8, 4) is 0 Å². The SMILES string of the molecule is Cc1cccc(CN2CCCn3nc(C(=O)N(C)CC(=O)NCc4ccncc4)cc3C2=O)c1. The Kier molecular flexibility index (Phi) is 7.01. The van der Waals surface area contributed by atoms with Gasteiger partial charge in [-0.25, -0.2) is 0 Å². The number of amides is 3. The van der Waals surface area contributed by atoms with Crippen molar-refractivity contribution in [2.45, 2.75) is 33.0 Å². The summed E-state index contributed by atoms with van der Waals surface area (Å²) in [5.74, 6) is -0.838. The predicted molar refractivity (Wildman–Crippen MR) is 126 cm³/mol. The van der Waals surface area contributed by atoms with Crippen molar-refractivity contribution < 1.29 is 14.4 Å². The number of likely N-dealkylation sites (N-methyl/N-ethyl adjacent to an activating group) is 1. The van der Waals surface area contributed by atoms with Gasteiger partial charge in [0, 0.05) is 51.7 Å². The minimum absolute atomic E-state index is 0.112. The first kappa shape index (κ1) is 23.2. The fraction of sp³-hybridized carbons (Fsp3) is 0.320. The molecule has 176 valence electrons. The summed E-state index contributed by atoms with van der Waals surface area (Å²) in [6, 6.07) is 13.2. The fourth-order valence-electron chi connectivity index (χ4n) is 3.96. The maximum Gasteiger partial charge on any atom is 0.274 e. The van der Waals surface area contributed by atoms with Gasteiger partial charge >= 0.3 is 0 Å². The van der Waals surface area contributed by atoms with Crippen molar-refractivity contribution in [1.82, 2.24) is 29.9 Å². The van der Waals surface area contributed by atoms with Crippen LogP contribution in [0.25, 0.3) is 0 Å². The standard InChI is InChI=1S/C25H28N6O3/c1-18-5-3-6-20(13-18)16-30-11-4-12-31-22(25(30)34)14-21(28-31)24(33)29(2)17-23(32)27-15-19-7-9-26-10-8-19/h3,5-10,13-14H,4,11-12,15-17H2,1-2H3,(H,27,32). The van der Waals surface area contributed by atoms with Crippen molar-refractivity contribution in [1.29, 1.82) is 0 Å². The highest BCUT2D eigenvalue weighted by Gasteiger charge is 2.27. The van der Waals surface area contributed by atoms with Crippen LogP contribution in [0, 0.1) is 6.92 Å². The normalized spacial score (nSPS) is 13.2. The van der Waals surface area contributed by atoms with Crippen LogP contribution >= 0.6 is 0 Å². The molecule has 0 saturated heterocycles. The van der Waals surface area contributed by atoms with Gasteiger partial charge in [-0.3, -0.25) is 24.0 Å². The fourth-order valence-corrected chi connectivity index (χ4v) is 3.96. The summed E-state index contributed by atoms with van der Waals surface area (Å²) in [6.07, 6.45) is 4.06. The maximum absolute atomic E-state index is 13.2. The highest BCUT2D eigenvalue weighted by Crippen LogP contribution is 2.18. The Labute approximate surface area is 198 Å². The number of nitrogens with zero attached hydrogens (tertiary/aromatic N) is 5. The highest BCUT2D eigenvalue weighted by molar-refractivity contribution is 5.99. The minimum atomic E-state index is -0.405. The van der Waals surface area contributed by atoms with E-state index >= 15 is 0 Å². The Morgan fingerprint density at radius 3 is 2.65 bits per heavy atom. The first-order chi connectivity index (χ1) is 16.4. The molecule has 34 heavy (non-hydrogen) atoms. The third-order valence-corrected chi connectivity index (χ3v) is 5.73. The second-order valence-electron chi connectivity index (χ2n) is 8.50. The molecule has 0 atom stereocenters. The van der Waals surface area contributed by atoms with Crippen molar-refractivity contribution in [3.05, 3.63) is 82.9 Å². The van der Waals surface area contributed by atoms with Crippen LogP contribution in [-0.4, -0.2) is 62.4 Å². The molecular weight excluding hydrogens is 432 g/mol. The van der Waals surface area contributed by atoms with Gasteiger partial charge in [-0.2, -0.15) is 5.10 Å². The van der Waals surface area contributed by atoms with Gasteiger partial charge in [-0.15, -0.1) is 0 Å². The van der Waals surface area contributed by atoms with Crippen LogP contribution in [0.15, 0.2) is 54.9 Å². The van der Waals surface area contributed by atoms with Gasteiger partial charge in [0.05, 0.1) is 6.54 Å². The Bertz CT molecular complexity index is 1190. The molecule has 0 saturated carbocycles. The number of rotatable bonds is 7. The van der Waals surface area contributed by atoms with Crippen LogP contribution in [0.4, 0.5) is 0 Å². The number of aromatic nitrogens is 3. The topological polar surface area (TPSA) is 100 Å². The maximum atomic E-state index is 13.2. The Morgan fingerprint density at radius 2 is 1.88 bits per heavy atom. The van der Waals surface area contributed by atoms with Crippen LogP contribution in [0.5, 0.6) is 0 Å². The monoisotopic (exact) mass is 460 g/mol. The van der Waals surface area contributed by atoms with E-state index in [9.17, 15) is 14.4 Å². The van der Waals surface area contributed by atoms with Crippen LogP contribution in [0.1, 0.15) is 44.1 Å². The molecule has 3 heterocycles. The van der Waals surface area contributed by atoms with Crippen molar-refractivity contribution >= 4 is 17.7 Å². The molecule has 1 aliphatic heterocycles. The first-order valence-electron chi connectivity index (χ1n) is 11.2. The second-order valence-corrected chi connectivity index (χ2v) is 8.50. The second kappa shape index (κ2) is 10.3. The van der Waals surface area contributed by atoms with Gasteiger partial charge in [0.2, 0.25) is 5.91 Å². The van der Waals surface area contributed by atoms with E-state index in [0.717, 1.165) is 23.1 Å². The van der Waals surface area contributed by atoms with Crippen molar-refractivity contribution in [2.24, 2.45) is 0 Å². The third-order valence-electron chi connectivity index (χ3n) is 5.73. The Morgan fingerprint density at radius 1 is 1.09 bits per heavy atom. The molecule has 0 fully saturated rings. The van der Waals surface area contributed by atoms with E-state index in [1.54, 1.807) is 29.0 Å². The molecule has 3 amide bonds. The van der Waals surface area contributed by atoms with E-state index in [0.29, 0.717) is 31.9 Å². The number of nitrogens with one attached hydrogen (secondary N) is 1. The lowest BCUT2D eigenvalue weighted by Gasteiger charge is -2.20. The number of carbonyl (C=O) groups excluding carboxylic acids is 3. The zero-order chi connectivity index (χ0) is 24.1. The molecule has 9 heteroatoms. The van der Waals surface area contributed by atoms with E-state index in [-0.39, 0.29) is 24.1 Å². The molecule has 0 bridgehead atoms. The molecule has 9 nitrogen and oxygen atoms in total. The van der Waals surface area contributed by atoms with Crippen LogP contribution < -0.4 is 5.32 Å². The van der Waals surface area contributed by atoms with Crippen LogP contribution in [0.3, 0.4) is 0 Å². The number of pyridine rings is 1. The average Bonchev–Trinajstić information content (AvgIpc) is 3.20. The molecule has 1 aliphatic rings. The van der Waals surface area contributed by atoms with Crippen LogP contribution in [0.2, 0.25) is 0 Å². The molecule has 1 aromatic carbocycles. The van der Waals surface area contributed by atoms with E-state index < -0.39 is 5.91 Å². The number of hydrogen-bond acceptors (Lipinski definition) is 5. The van der Waals surface area contributed by atoms with Gasteiger partial charge in [-0.05, 0) is 36.6 Å². The van der Waals surface area contributed by atoms with Gasteiger partial charge in [0.15, 0.2) is 5.69 Å². The summed E-state index contributed by atoms with van der Waals surface area (Å²) in [7, 11) is 1.55. The van der Waals surface area contributed by atoms with E-state index in [1.807, 2.05) is 37.3 Å². The molecule has 3 aromatic rings. The summed E-state index contributed by atoms with van der Waals surface area (Å²) in [4.78, 5) is 45.4. The summed E-state index contributed by atoms with van der Waals surface area (Å²) in [6.45, 7) is 3.95. The molecule has 1 N–H and O–H groups in total. The minimum Gasteiger partial charge on any atom is -0.350 e. The Balaban J connectivity index is 1.40. The highest BCUT2D eigenvalue weighted by atomic mass is 16.2. The zero-order valence-corrected chi connectivity index (χ0v) is 19.4. The summed E-state index contributed by atoms with van der Waals surface area (Å²) < 4.78 is 1.60. The van der Waals surface area contributed by atoms with Gasteiger partial charge in [-0.1, -0.05) is 29.8 Å². The lowest BCUT2D eigenvalue weighted by molar-refractivity contribution is -0.121. The first-order valence-corrected chi connectivity index (χ1v) is 11.2. The quantitative estimate of drug-likeness (QED) is 0.582. The predicted octanol–water partition coefficient (Wildman–Crippen LogP) is 2.02. The number of fused-ring (bicyclic) bond motifs is 1. The molecular formula is C25H28N6O3. The molecule has 0 spiro atoms. The molecule has 4 rings (SSSR count). The van der Waals surface area contributed by atoms with Gasteiger partial charge in [0.1, 0.15) is 5.69 Å². The van der Waals surface area contributed by atoms with Crippen molar-refractivity contribution in [3.63, 3.8) is 0 Å². The van der Waals surface area contributed by atoms with Gasteiger partial charge in [0.25, 0.3) is 11.8 Å². The number of carbonyl (C=O) groups is 3. The molecule has 0 unspecified atom stereocenters. The number of benzene rings is 1. The lowest BCUT2D eigenvalue weighted by atomic mass is 10.1. The van der Waals surface area contributed by atoms with E-state index in [4.69, 9.17) is 0 Å².